The first-order valence-electron chi connectivity index (χ1n) is 11.7. The molecule has 180 valence electrons. The second-order valence-corrected chi connectivity index (χ2v) is 9.84. The van der Waals surface area contributed by atoms with Gasteiger partial charge < -0.3 is 20.5 Å². The highest BCUT2D eigenvalue weighted by atomic mass is 16.5. The van der Waals surface area contributed by atoms with Gasteiger partial charge in [-0.1, -0.05) is 0 Å². The number of ether oxygens (including phenoxy) is 1. The minimum atomic E-state index is -0.861. The quantitative estimate of drug-likeness (QED) is 0.462. The Labute approximate surface area is 198 Å². The Kier molecular flexibility index (Phi) is 5.35. The summed E-state index contributed by atoms with van der Waals surface area (Å²) >= 11 is 0. The smallest absolute Gasteiger partial charge is 0.223 e. The summed E-state index contributed by atoms with van der Waals surface area (Å²) in [6, 6.07) is 5.92. The van der Waals surface area contributed by atoms with Crippen LogP contribution in [0.3, 0.4) is 0 Å². The first kappa shape index (κ1) is 22.4. The summed E-state index contributed by atoms with van der Waals surface area (Å²) in [5.41, 5.74) is 7.84. The molecule has 0 spiro atoms. The van der Waals surface area contributed by atoms with Crippen molar-refractivity contribution in [2.45, 2.75) is 64.1 Å². The van der Waals surface area contributed by atoms with Crippen molar-refractivity contribution < 1.29 is 9.84 Å². The highest BCUT2D eigenvalue weighted by Crippen LogP contribution is 2.34. The van der Waals surface area contributed by atoms with E-state index in [4.69, 9.17) is 20.6 Å². The van der Waals surface area contributed by atoms with Crippen LogP contribution in [0.25, 0.3) is 16.6 Å². The SMILES string of the molecule is COc1ccc2c(c1)nc(N)n1nc([C@@H]3CC[C@H](C)N(c4cnn([C@H](C)C(C)(C)O)c4)C3)nc21. The second-order valence-electron chi connectivity index (χ2n) is 9.84. The van der Waals surface area contributed by atoms with Crippen LogP contribution in [-0.4, -0.2) is 59.8 Å². The van der Waals surface area contributed by atoms with Gasteiger partial charge in [0.05, 0.1) is 36.2 Å². The van der Waals surface area contributed by atoms with Gasteiger partial charge in [-0.15, -0.1) is 5.10 Å². The molecule has 1 fully saturated rings. The van der Waals surface area contributed by atoms with Crippen molar-refractivity contribution in [3.05, 3.63) is 36.4 Å². The lowest BCUT2D eigenvalue weighted by Crippen LogP contribution is -2.41. The maximum Gasteiger partial charge on any atom is 0.223 e. The lowest BCUT2D eigenvalue weighted by atomic mass is 9.92. The number of rotatable bonds is 5. The summed E-state index contributed by atoms with van der Waals surface area (Å²) in [4.78, 5) is 11.8. The Morgan fingerprint density at radius 2 is 2.03 bits per heavy atom. The Morgan fingerprint density at radius 3 is 2.76 bits per heavy atom. The van der Waals surface area contributed by atoms with Crippen molar-refractivity contribution in [3.63, 3.8) is 0 Å². The van der Waals surface area contributed by atoms with Crippen molar-refractivity contribution in [3.8, 4) is 5.75 Å². The highest BCUT2D eigenvalue weighted by Gasteiger charge is 2.31. The minimum Gasteiger partial charge on any atom is -0.497 e. The molecule has 4 aromatic rings. The first-order chi connectivity index (χ1) is 16.2. The van der Waals surface area contributed by atoms with Crippen LogP contribution in [0.15, 0.2) is 30.6 Å². The Bertz CT molecular complexity index is 1340. The van der Waals surface area contributed by atoms with Crippen LogP contribution in [0.2, 0.25) is 0 Å². The number of fused-ring (bicyclic) bond motifs is 3. The number of anilines is 2. The molecule has 0 bridgehead atoms. The summed E-state index contributed by atoms with van der Waals surface area (Å²) < 4.78 is 8.79. The maximum atomic E-state index is 10.4. The number of hydrogen-bond acceptors (Lipinski definition) is 8. The zero-order valence-electron chi connectivity index (χ0n) is 20.3. The van der Waals surface area contributed by atoms with Gasteiger partial charge in [-0.05, 0) is 52.7 Å². The van der Waals surface area contributed by atoms with Gasteiger partial charge in [0, 0.05) is 36.2 Å². The number of nitrogens with two attached hydrogens (primary N) is 1. The van der Waals surface area contributed by atoms with Crippen LogP contribution in [0, 0.1) is 0 Å². The van der Waals surface area contributed by atoms with Crippen LogP contribution < -0.4 is 15.4 Å². The largest absolute Gasteiger partial charge is 0.497 e. The van der Waals surface area contributed by atoms with Gasteiger partial charge in [0.1, 0.15) is 5.75 Å². The van der Waals surface area contributed by atoms with E-state index in [1.54, 1.807) is 25.5 Å². The fourth-order valence-corrected chi connectivity index (χ4v) is 4.62. The minimum absolute atomic E-state index is 0.139. The number of methoxy groups -OCH3 is 1. The van der Waals surface area contributed by atoms with Crippen LogP contribution in [0.5, 0.6) is 5.75 Å². The normalized spacial score (nSPS) is 20.2. The standard InChI is InChI=1S/C24H32N8O2/c1-14-6-7-16(12-30(14)17-11-26-31(13-17)15(2)24(3,4)33)21-28-22-19-9-8-18(34-5)10-20(19)27-23(25)32(22)29-21/h8-11,13-16,33H,6-7,12H2,1-5H3,(H2,25,27)/t14-,15+,16+/m0/s1. The molecule has 34 heavy (non-hydrogen) atoms. The molecule has 5 rings (SSSR count). The lowest BCUT2D eigenvalue weighted by Gasteiger charge is -2.38. The first-order valence-corrected chi connectivity index (χ1v) is 11.7. The molecule has 0 unspecified atom stereocenters. The Hall–Kier alpha value is -3.40. The maximum absolute atomic E-state index is 10.4. The van der Waals surface area contributed by atoms with Crippen molar-refractivity contribution in [2.24, 2.45) is 0 Å². The molecule has 1 aliphatic heterocycles. The number of nitrogen functional groups attached to an aromatic ring is 1. The molecule has 0 radical (unpaired) electrons. The Balaban J connectivity index is 1.46. The molecule has 1 aromatic carbocycles. The van der Waals surface area contributed by atoms with Gasteiger partial charge in [0.2, 0.25) is 5.95 Å². The van der Waals surface area contributed by atoms with E-state index in [2.05, 4.69) is 21.9 Å². The predicted octanol–water partition coefficient (Wildman–Crippen LogP) is 3.17. The molecule has 3 aromatic heterocycles. The number of aromatic nitrogens is 6. The predicted molar refractivity (Wildman–Crippen MR) is 131 cm³/mol. The molecule has 3 N–H and O–H groups in total. The van der Waals surface area contributed by atoms with Crippen LogP contribution in [0.1, 0.15) is 58.3 Å². The topological polar surface area (TPSA) is 120 Å². The van der Waals surface area contributed by atoms with E-state index in [1.807, 2.05) is 42.2 Å². The second kappa shape index (κ2) is 8.12. The van der Waals surface area contributed by atoms with E-state index in [9.17, 15) is 5.11 Å². The zero-order valence-corrected chi connectivity index (χ0v) is 20.3. The van der Waals surface area contributed by atoms with Gasteiger partial charge in [-0.2, -0.15) is 9.61 Å². The summed E-state index contributed by atoms with van der Waals surface area (Å²) in [6.45, 7) is 8.58. The number of nitrogens with zero attached hydrogens (tertiary/aromatic N) is 7. The molecule has 10 heteroatoms. The molecule has 10 nitrogen and oxygen atoms in total. The fraction of sp³-hybridized carbons (Fsp3) is 0.500. The zero-order chi connectivity index (χ0) is 24.2. The summed E-state index contributed by atoms with van der Waals surface area (Å²) in [7, 11) is 1.63. The summed E-state index contributed by atoms with van der Waals surface area (Å²) in [5, 5.41) is 20.6. The van der Waals surface area contributed by atoms with E-state index in [-0.39, 0.29) is 12.0 Å². The lowest BCUT2D eigenvalue weighted by molar-refractivity contribution is 0.0258. The monoisotopic (exact) mass is 464 g/mol. The fourth-order valence-electron chi connectivity index (χ4n) is 4.62. The van der Waals surface area contributed by atoms with Gasteiger partial charge in [-0.3, -0.25) is 4.68 Å². The van der Waals surface area contributed by atoms with E-state index in [0.29, 0.717) is 17.6 Å². The highest BCUT2D eigenvalue weighted by molar-refractivity contribution is 5.93. The molecule has 4 heterocycles. The van der Waals surface area contributed by atoms with Crippen LogP contribution in [0.4, 0.5) is 11.6 Å². The van der Waals surface area contributed by atoms with Gasteiger partial charge in [0.15, 0.2) is 11.5 Å². The van der Waals surface area contributed by atoms with Crippen LogP contribution >= 0.6 is 0 Å². The van der Waals surface area contributed by atoms with E-state index in [0.717, 1.165) is 47.6 Å². The third-order valence-electron chi connectivity index (χ3n) is 7.11. The number of piperidine rings is 1. The van der Waals surface area contributed by atoms with Crippen molar-refractivity contribution in [2.75, 3.05) is 24.3 Å². The molecule has 0 saturated carbocycles. The van der Waals surface area contributed by atoms with Crippen LogP contribution in [-0.2, 0) is 0 Å². The van der Waals surface area contributed by atoms with E-state index >= 15 is 0 Å². The van der Waals surface area contributed by atoms with E-state index < -0.39 is 5.60 Å². The third-order valence-corrected chi connectivity index (χ3v) is 7.11. The number of aliphatic hydroxyl groups is 1. The molecule has 1 saturated heterocycles. The van der Waals surface area contributed by atoms with Gasteiger partial charge >= 0.3 is 0 Å². The van der Waals surface area contributed by atoms with Crippen molar-refractivity contribution in [1.82, 2.24) is 29.4 Å². The molecule has 1 aliphatic rings. The average Bonchev–Trinajstić information content (AvgIpc) is 3.46. The van der Waals surface area contributed by atoms with Gasteiger partial charge in [0.25, 0.3) is 0 Å². The van der Waals surface area contributed by atoms with Crippen molar-refractivity contribution in [1.29, 1.82) is 0 Å². The third kappa shape index (κ3) is 3.81. The summed E-state index contributed by atoms with van der Waals surface area (Å²) in [6.07, 6.45) is 5.89. The average molecular weight is 465 g/mol. The Morgan fingerprint density at radius 1 is 1.24 bits per heavy atom. The number of hydrogen-bond donors (Lipinski definition) is 2. The van der Waals surface area contributed by atoms with Crippen molar-refractivity contribution >= 4 is 28.2 Å². The number of benzene rings is 1. The summed E-state index contributed by atoms with van der Waals surface area (Å²) in [5.74, 6) is 1.95. The molecular formula is C24H32N8O2. The molecule has 0 aliphatic carbocycles. The molecule has 0 amide bonds. The molecular weight excluding hydrogens is 432 g/mol. The molecule has 3 atom stereocenters. The van der Waals surface area contributed by atoms with E-state index in [1.165, 1.54) is 0 Å². The van der Waals surface area contributed by atoms with Gasteiger partial charge in [-0.25, -0.2) is 9.97 Å².